The molecule has 3 heteroatoms. The number of hydrogen-bond donors (Lipinski definition) is 1. The molecular formula is C15H18ClNS. The van der Waals surface area contributed by atoms with Gasteiger partial charge in [0.25, 0.3) is 0 Å². The normalized spacial score (nSPS) is 12.7. The highest BCUT2D eigenvalue weighted by Gasteiger charge is 2.18. The molecule has 0 aliphatic rings. The summed E-state index contributed by atoms with van der Waals surface area (Å²) < 4.78 is 0. The first kappa shape index (κ1) is 13.6. The molecule has 0 aliphatic carbocycles. The summed E-state index contributed by atoms with van der Waals surface area (Å²) in [4.78, 5) is 1.38. The molecule has 0 saturated heterocycles. The Labute approximate surface area is 118 Å². The number of rotatable bonds is 3. The van der Waals surface area contributed by atoms with Crippen LogP contribution in [0, 0.1) is 20.8 Å². The third-order valence-electron chi connectivity index (χ3n) is 3.31. The van der Waals surface area contributed by atoms with Crippen molar-refractivity contribution >= 4 is 22.9 Å². The third-order valence-corrected chi connectivity index (χ3v) is 4.80. The molecule has 1 nitrogen and oxygen atoms in total. The van der Waals surface area contributed by atoms with Gasteiger partial charge >= 0.3 is 0 Å². The smallest absolute Gasteiger partial charge is 0.0673 e. The molecule has 0 aliphatic heterocycles. The van der Waals surface area contributed by atoms with E-state index < -0.39 is 0 Å². The number of benzene rings is 1. The molecule has 96 valence electrons. The van der Waals surface area contributed by atoms with Gasteiger partial charge in [-0.2, -0.15) is 0 Å². The number of aryl methyl sites for hydroxylation is 3. The molecular weight excluding hydrogens is 262 g/mol. The van der Waals surface area contributed by atoms with Crippen molar-refractivity contribution in [2.75, 3.05) is 7.05 Å². The first-order chi connectivity index (χ1) is 8.54. The highest BCUT2D eigenvalue weighted by atomic mass is 35.5. The molecule has 2 aromatic rings. The third kappa shape index (κ3) is 2.46. The van der Waals surface area contributed by atoms with E-state index in [-0.39, 0.29) is 6.04 Å². The van der Waals surface area contributed by atoms with E-state index >= 15 is 0 Å². The first-order valence-corrected chi connectivity index (χ1v) is 7.28. The number of hydrogen-bond acceptors (Lipinski definition) is 2. The van der Waals surface area contributed by atoms with Gasteiger partial charge < -0.3 is 5.32 Å². The fourth-order valence-corrected chi connectivity index (χ4v) is 3.49. The second kappa shape index (κ2) is 5.43. The Morgan fingerprint density at radius 3 is 2.39 bits per heavy atom. The average molecular weight is 280 g/mol. The minimum Gasteiger partial charge on any atom is -0.309 e. The standard InChI is InChI=1S/C15H18ClNS/c1-9-5-6-18-15(9)14(17-4)12-7-11(3)13(16)8-10(12)2/h5-8,14,17H,1-4H3. The maximum atomic E-state index is 6.17. The topological polar surface area (TPSA) is 12.0 Å². The Morgan fingerprint density at radius 1 is 1.11 bits per heavy atom. The zero-order valence-electron chi connectivity index (χ0n) is 11.2. The van der Waals surface area contributed by atoms with Crippen molar-refractivity contribution in [3.05, 3.63) is 55.7 Å². The fourth-order valence-electron chi connectivity index (χ4n) is 2.22. The van der Waals surface area contributed by atoms with Gasteiger partial charge in [-0.25, -0.2) is 0 Å². The van der Waals surface area contributed by atoms with Crippen LogP contribution >= 0.6 is 22.9 Å². The first-order valence-electron chi connectivity index (χ1n) is 6.02. The van der Waals surface area contributed by atoms with E-state index in [1.54, 1.807) is 11.3 Å². The van der Waals surface area contributed by atoms with Crippen LogP contribution in [0.3, 0.4) is 0 Å². The fraction of sp³-hybridized carbons (Fsp3) is 0.333. The average Bonchev–Trinajstić information content (AvgIpc) is 2.73. The van der Waals surface area contributed by atoms with Gasteiger partial charge in [-0.05, 0) is 67.6 Å². The minimum atomic E-state index is 0.251. The van der Waals surface area contributed by atoms with Crippen molar-refractivity contribution in [1.29, 1.82) is 0 Å². The Kier molecular flexibility index (Phi) is 4.10. The number of halogens is 1. The Balaban J connectivity index is 2.52. The predicted molar refractivity (Wildman–Crippen MR) is 80.9 cm³/mol. The molecule has 2 rings (SSSR count). The van der Waals surface area contributed by atoms with Crippen molar-refractivity contribution in [2.45, 2.75) is 26.8 Å². The second-order valence-electron chi connectivity index (χ2n) is 4.65. The summed E-state index contributed by atoms with van der Waals surface area (Å²) in [5.41, 5.74) is 5.01. The second-order valence-corrected chi connectivity index (χ2v) is 6.00. The largest absolute Gasteiger partial charge is 0.309 e. The van der Waals surface area contributed by atoms with Gasteiger partial charge in [-0.3, -0.25) is 0 Å². The molecule has 1 N–H and O–H groups in total. The minimum absolute atomic E-state index is 0.251. The summed E-state index contributed by atoms with van der Waals surface area (Å²) in [5.74, 6) is 0. The van der Waals surface area contributed by atoms with E-state index in [1.807, 2.05) is 7.05 Å². The molecule has 1 atom stereocenters. The number of nitrogens with one attached hydrogen (secondary N) is 1. The van der Waals surface area contributed by atoms with Crippen LogP contribution in [0.1, 0.15) is 33.2 Å². The molecule has 0 spiro atoms. The molecule has 0 bridgehead atoms. The van der Waals surface area contributed by atoms with Gasteiger partial charge in [-0.1, -0.05) is 17.7 Å². The summed E-state index contributed by atoms with van der Waals surface area (Å²) in [5, 5.41) is 6.40. The lowest BCUT2D eigenvalue weighted by Gasteiger charge is -2.20. The molecule has 1 heterocycles. The van der Waals surface area contributed by atoms with E-state index in [0.29, 0.717) is 0 Å². The van der Waals surface area contributed by atoms with E-state index in [0.717, 1.165) is 10.6 Å². The quantitative estimate of drug-likeness (QED) is 0.863. The van der Waals surface area contributed by atoms with Crippen molar-refractivity contribution in [3.63, 3.8) is 0 Å². The van der Waals surface area contributed by atoms with Crippen molar-refractivity contribution in [2.24, 2.45) is 0 Å². The maximum absolute atomic E-state index is 6.17. The van der Waals surface area contributed by atoms with Gasteiger partial charge in [0.15, 0.2) is 0 Å². The van der Waals surface area contributed by atoms with Crippen LogP contribution in [0.15, 0.2) is 23.6 Å². The van der Waals surface area contributed by atoms with Crippen LogP contribution in [0.4, 0.5) is 0 Å². The predicted octanol–water partition coefficient (Wildman–Crippen LogP) is 4.64. The van der Waals surface area contributed by atoms with Crippen LogP contribution < -0.4 is 5.32 Å². The van der Waals surface area contributed by atoms with Crippen LogP contribution in [-0.4, -0.2) is 7.05 Å². The molecule has 0 amide bonds. The Morgan fingerprint density at radius 2 is 1.83 bits per heavy atom. The zero-order chi connectivity index (χ0) is 13.3. The lowest BCUT2D eigenvalue weighted by molar-refractivity contribution is 0.695. The van der Waals surface area contributed by atoms with Crippen LogP contribution in [0.2, 0.25) is 5.02 Å². The van der Waals surface area contributed by atoms with Crippen LogP contribution in [-0.2, 0) is 0 Å². The number of thiophene rings is 1. The highest BCUT2D eigenvalue weighted by Crippen LogP contribution is 2.33. The molecule has 0 saturated carbocycles. The Hall–Kier alpha value is -0.830. The summed E-state index contributed by atoms with van der Waals surface area (Å²) in [6.07, 6.45) is 0. The van der Waals surface area contributed by atoms with Gasteiger partial charge in [0, 0.05) is 9.90 Å². The lowest BCUT2D eigenvalue weighted by Crippen LogP contribution is -2.18. The highest BCUT2D eigenvalue weighted by molar-refractivity contribution is 7.10. The molecule has 1 unspecified atom stereocenters. The summed E-state index contributed by atoms with van der Waals surface area (Å²) in [6, 6.07) is 6.67. The Bertz CT molecular complexity index is 560. The van der Waals surface area contributed by atoms with Gasteiger partial charge in [-0.15, -0.1) is 11.3 Å². The van der Waals surface area contributed by atoms with Gasteiger partial charge in [0.05, 0.1) is 6.04 Å². The van der Waals surface area contributed by atoms with E-state index in [2.05, 4.69) is 49.7 Å². The lowest BCUT2D eigenvalue weighted by atomic mass is 9.96. The van der Waals surface area contributed by atoms with E-state index in [9.17, 15) is 0 Å². The monoisotopic (exact) mass is 279 g/mol. The van der Waals surface area contributed by atoms with Gasteiger partial charge in [0.2, 0.25) is 0 Å². The molecule has 1 aromatic heterocycles. The van der Waals surface area contributed by atoms with Crippen LogP contribution in [0.5, 0.6) is 0 Å². The molecule has 1 aromatic carbocycles. The maximum Gasteiger partial charge on any atom is 0.0673 e. The van der Waals surface area contributed by atoms with Crippen molar-refractivity contribution in [3.8, 4) is 0 Å². The van der Waals surface area contributed by atoms with Gasteiger partial charge in [0.1, 0.15) is 0 Å². The zero-order valence-corrected chi connectivity index (χ0v) is 12.7. The molecule has 18 heavy (non-hydrogen) atoms. The molecule has 0 fully saturated rings. The summed E-state index contributed by atoms with van der Waals surface area (Å²) in [7, 11) is 2.01. The van der Waals surface area contributed by atoms with Crippen molar-refractivity contribution < 1.29 is 0 Å². The summed E-state index contributed by atoms with van der Waals surface area (Å²) in [6.45, 7) is 6.33. The summed E-state index contributed by atoms with van der Waals surface area (Å²) >= 11 is 7.97. The van der Waals surface area contributed by atoms with Crippen molar-refractivity contribution in [1.82, 2.24) is 5.32 Å². The SMILES string of the molecule is CNC(c1cc(C)c(Cl)cc1C)c1sccc1C. The molecule has 0 radical (unpaired) electrons. The van der Waals surface area contributed by atoms with Crippen LogP contribution in [0.25, 0.3) is 0 Å². The van der Waals surface area contributed by atoms with E-state index in [4.69, 9.17) is 11.6 Å². The van der Waals surface area contributed by atoms with E-state index in [1.165, 1.54) is 21.6 Å².